The zero-order valence-corrected chi connectivity index (χ0v) is 10.2. The molecule has 0 aliphatic carbocycles. The number of imidazole rings is 1. The minimum Gasteiger partial charge on any atom is -0.457 e. The molecule has 0 spiro atoms. The van der Waals surface area contributed by atoms with Crippen molar-refractivity contribution in [3.8, 4) is 11.5 Å². The topological polar surface area (TPSA) is 37.9 Å². The SMILES string of the molecule is CCc1ccc(Oc2ccc3nc[nH]c3c2)cc1. The Kier molecular flexibility index (Phi) is 2.73. The van der Waals surface area contributed by atoms with Crippen LogP contribution in [0.2, 0.25) is 0 Å². The van der Waals surface area contributed by atoms with Gasteiger partial charge in [0, 0.05) is 6.07 Å². The van der Waals surface area contributed by atoms with Crippen molar-refractivity contribution in [2.75, 3.05) is 0 Å². The molecule has 0 aliphatic rings. The van der Waals surface area contributed by atoms with Gasteiger partial charge in [-0.15, -0.1) is 0 Å². The number of aromatic amines is 1. The molecule has 0 radical (unpaired) electrons. The molecule has 0 unspecified atom stereocenters. The standard InChI is InChI=1S/C15H14N2O/c1-2-11-3-5-12(6-4-11)18-13-7-8-14-15(9-13)17-10-16-14/h3-10H,2H2,1H3,(H,16,17). The molecule has 1 aromatic heterocycles. The highest BCUT2D eigenvalue weighted by molar-refractivity contribution is 5.76. The van der Waals surface area contributed by atoms with E-state index in [1.807, 2.05) is 30.3 Å². The number of hydrogen-bond donors (Lipinski definition) is 1. The number of benzene rings is 2. The summed E-state index contributed by atoms with van der Waals surface area (Å²) in [6, 6.07) is 14.0. The molecule has 1 heterocycles. The van der Waals surface area contributed by atoms with E-state index in [0.29, 0.717) is 0 Å². The number of nitrogens with one attached hydrogen (secondary N) is 1. The summed E-state index contributed by atoms with van der Waals surface area (Å²) in [6.45, 7) is 2.14. The number of ether oxygens (including phenoxy) is 1. The Balaban J connectivity index is 1.85. The average molecular weight is 238 g/mol. The Morgan fingerprint density at radius 1 is 1.06 bits per heavy atom. The maximum absolute atomic E-state index is 5.81. The third-order valence-electron chi connectivity index (χ3n) is 2.96. The third kappa shape index (κ3) is 2.07. The first-order valence-corrected chi connectivity index (χ1v) is 6.05. The van der Waals surface area contributed by atoms with Gasteiger partial charge in [0.15, 0.2) is 0 Å². The van der Waals surface area contributed by atoms with E-state index in [0.717, 1.165) is 29.0 Å². The second-order valence-corrected chi connectivity index (χ2v) is 4.18. The summed E-state index contributed by atoms with van der Waals surface area (Å²) in [7, 11) is 0. The largest absolute Gasteiger partial charge is 0.457 e. The molecule has 0 saturated carbocycles. The first-order valence-electron chi connectivity index (χ1n) is 6.05. The van der Waals surface area contributed by atoms with E-state index in [4.69, 9.17) is 4.74 Å². The van der Waals surface area contributed by atoms with Crippen LogP contribution < -0.4 is 4.74 Å². The van der Waals surface area contributed by atoms with E-state index in [2.05, 4.69) is 29.0 Å². The Morgan fingerprint density at radius 3 is 2.61 bits per heavy atom. The second-order valence-electron chi connectivity index (χ2n) is 4.18. The molecule has 0 fully saturated rings. The van der Waals surface area contributed by atoms with Crippen LogP contribution in [0.25, 0.3) is 11.0 Å². The van der Waals surface area contributed by atoms with Crippen molar-refractivity contribution in [2.24, 2.45) is 0 Å². The van der Waals surface area contributed by atoms with Gasteiger partial charge in [-0.2, -0.15) is 0 Å². The van der Waals surface area contributed by atoms with Crippen molar-refractivity contribution in [1.29, 1.82) is 0 Å². The molecule has 0 saturated heterocycles. The molecule has 0 aliphatic heterocycles. The third-order valence-corrected chi connectivity index (χ3v) is 2.96. The lowest BCUT2D eigenvalue weighted by molar-refractivity contribution is 0.483. The summed E-state index contributed by atoms with van der Waals surface area (Å²) >= 11 is 0. The van der Waals surface area contributed by atoms with E-state index < -0.39 is 0 Å². The van der Waals surface area contributed by atoms with Crippen molar-refractivity contribution in [3.05, 3.63) is 54.4 Å². The van der Waals surface area contributed by atoms with Crippen molar-refractivity contribution in [3.63, 3.8) is 0 Å². The highest BCUT2D eigenvalue weighted by Crippen LogP contribution is 2.24. The number of H-pyrrole nitrogens is 1. The van der Waals surface area contributed by atoms with Crippen LogP contribution in [0.15, 0.2) is 48.8 Å². The van der Waals surface area contributed by atoms with Gasteiger partial charge in [-0.1, -0.05) is 19.1 Å². The molecule has 3 heteroatoms. The molecule has 3 rings (SSSR count). The van der Waals surface area contributed by atoms with Gasteiger partial charge < -0.3 is 9.72 Å². The van der Waals surface area contributed by atoms with E-state index >= 15 is 0 Å². The summed E-state index contributed by atoms with van der Waals surface area (Å²) in [5, 5.41) is 0. The van der Waals surface area contributed by atoms with Gasteiger partial charge in [-0.3, -0.25) is 0 Å². The normalized spacial score (nSPS) is 10.7. The molecule has 0 amide bonds. The summed E-state index contributed by atoms with van der Waals surface area (Å²) in [5.41, 5.74) is 3.24. The fourth-order valence-corrected chi connectivity index (χ4v) is 1.91. The molecular formula is C15H14N2O. The van der Waals surface area contributed by atoms with Crippen molar-refractivity contribution in [1.82, 2.24) is 9.97 Å². The Labute approximate surface area is 105 Å². The minimum absolute atomic E-state index is 0.816. The number of fused-ring (bicyclic) bond motifs is 1. The van der Waals surface area contributed by atoms with Crippen LogP contribution in [0.3, 0.4) is 0 Å². The predicted octanol–water partition coefficient (Wildman–Crippen LogP) is 3.92. The van der Waals surface area contributed by atoms with Crippen LogP contribution in [0.1, 0.15) is 12.5 Å². The molecule has 0 bridgehead atoms. The monoisotopic (exact) mass is 238 g/mol. The molecule has 0 atom stereocenters. The van der Waals surface area contributed by atoms with E-state index in [1.54, 1.807) is 6.33 Å². The van der Waals surface area contributed by atoms with E-state index in [-0.39, 0.29) is 0 Å². The fourth-order valence-electron chi connectivity index (χ4n) is 1.91. The minimum atomic E-state index is 0.816. The summed E-state index contributed by atoms with van der Waals surface area (Å²) < 4.78 is 5.81. The van der Waals surface area contributed by atoms with Gasteiger partial charge in [0.05, 0.1) is 17.4 Å². The van der Waals surface area contributed by atoms with Crippen molar-refractivity contribution in [2.45, 2.75) is 13.3 Å². The maximum atomic E-state index is 5.81. The predicted molar refractivity (Wildman–Crippen MR) is 72.0 cm³/mol. The number of aromatic nitrogens is 2. The van der Waals surface area contributed by atoms with Gasteiger partial charge in [0.25, 0.3) is 0 Å². The quantitative estimate of drug-likeness (QED) is 0.751. The van der Waals surface area contributed by atoms with Gasteiger partial charge in [0.1, 0.15) is 11.5 Å². The summed E-state index contributed by atoms with van der Waals surface area (Å²) in [4.78, 5) is 7.25. The first kappa shape index (κ1) is 10.8. The maximum Gasteiger partial charge on any atom is 0.129 e. The smallest absolute Gasteiger partial charge is 0.129 e. The number of nitrogens with zero attached hydrogens (tertiary/aromatic N) is 1. The zero-order chi connectivity index (χ0) is 12.4. The van der Waals surface area contributed by atoms with Crippen molar-refractivity contribution >= 4 is 11.0 Å². The average Bonchev–Trinajstić information content (AvgIpc) is 2.87. The fraction of sp³-hybridized carbons (Fsp3) is 0.133. The lowest BCUT2D eigenvalue weighted by atomic mass is 10.2. The lowest BCUT2D eigenvalue weighted by Gasteiger charge is -2.06. The highest BCUT2D eigenvalue weighted by atomic mass is 16.5. The van der Waals surface area contributed by atoms with E-state index in [9.17, 15) is 0 Å². The van der Waals surface area contributed by atoms with Crippen molar-refractivity contribution < 1.29 is 4.74 Å². The Hall–Kier alpha value is -2.29. The molecule has 2 aromatic carbocycles. The summed E-state index contributed by atoms with van der Waals surface area (Å²) in [5.74, 6) is 1.67. The Bertz CT molecular complexity index is 656. The lowest BCUT2D eigenvalue weighted by Crippen LogP contribution is -1.85. The molecule has 18 heavy (non-hydrogen) atoms. The van der Waals surface area contributed by atoms with Crippen LogP contribution in [0.5, 0.6) is 11.5 Å². The van der Waals surface area contributed by atoms with E-state index in [1.165, 1.54) is 5.56 Å². The van der Waals surface area contributed by atoms with Gasteiger partial charge >= 0.3 is 0 Å². The zero-order valence-electron chi connectivity index (χ0n) is 10.2. The van der Waals surface area contributed by atoms with Crippen LogP contribution >= 0.6 is 0 Å². The second kappa shape index (κ2) is 4.53. The van der Waals surface area contributed by atoms with Crippen LogP contribution in [0, 0.1) is 0 Å². The van der Waals surface area contributed by atoms with Gasteiger partial charge in [0.2, 0.25) is 0 Å². The molecule has 90 valence electrons. The van der Waals surface area contributed by atoms with Gasteiger partial charge in [-0.05, 0) is 36.2 Å². The summed E-state index contributed by atoms with van der Waals surface area (Å²) in [6.07, 6.45) is 2.73. The number of aryl methyl sites for hydroxylation is 1. The first-order chi connectivity index (χ1) is 8.85. The number of rotatable bonds is 3. The molecule has 3 nitrogen and oxygen atoms in total. The molecular weight excluding hydrogens is 224 g/mol. The molecule has 1 N–H and O–H groups in total. The van der Waals surface area contributed by atoms with Gasteiger partial charge in [-0.25, -0.2) is 4.98 Å². The molecule has 3 aromatic rings. The highest BCUT2D eigenvalue weighted by Gasteiger charge is 2.01. The van der Waals surface area contributed by atoms with Crippen LogP contribution in [-0.2, 0) is 6.42 Å². The van der Waals surface area contributed by atoms with Crippen LogP contribution in [-0.4, -0.2) is 9.97 Å². The Morgan fingerprint density at radius 2 is 1.83 bits per heavy atom. The van der Waals surface area contributed by atoms with Crippen LogP contribution in [0.4, 0.5) is 0 Å². The number of hydrogen-bond acceptors (Lipinski definition) is 2.